The number of amides is 1. The first-order chi connectivity index (χ1) is 16.3. The molecule has 1 aliphatic rings. The molecule has 3 rings (SSSR count). The van der Waals surface area contributed by atoms with Crippen LogP contribution in [0.5, 0.6) is 17.2 Å². The van der Waals surface area contributed by atoms with Gasteiger partial charge in [0.25, 0.3) is 0 Å². The number of esters is 1. The third kappa shape index (κ3) is 5.30. The fraction of sp³-hybridized carbons (Fsp3) is 0.520. The zero-order valence-electron chi connectivity index (χ0n) is 21.0. The number of hydrogen-bond acceptors (Lipinski definition) is 7. The Kier molecular flexibility index (Phi) is 8.44. The third-order valence-electron chi connectivity index (χ3n) is 6.27. The van der Waals surface area contributed by atoms with E-state index >= 15 is 0 Å². The van der Waals surface area contributed by atoms with Gasteiger partial charge in [-0.25, -0.2) is 4.79 Å². The lowest BCUT2D eigenvalue weighted by atomic mass is 10.1. The molecule has 1 saturated heterocycles. The number of carbonyl (C=O) groups excluding carboxylic acids is 2. The van der Waals surface area contributed by atoms with Gasteiger partial charge >= 0.3 is 5.97 Å². The van der Waals surface area contributed by atoms with Crippen LogP contribution in [-0.4, -0.2) is 80.4 Å². The Morgan fingerprint density at radius 3 is 2.21 bits per heavy atom. The van der Waals surface area contributed by atoms with Crippen LogP contribution in [0.3, 0.4) is 0 Å². The summed E-state index contributed by atoms with van der Waals surface area (Å²) in [5.74, 6) is 1.56. The predicted octanol–water partition coefficient (Wildman–Crippen LogP) is 2.65. The highest BCUT2D eigenvalue weighted by Gasteiger charge is 2.25. The second-order valence-electron chi connectivity index (χ2n) is 8.24. The molecule has 186 valence electrons. The Bertz CT molecular complexity index is 1020. The Balaban J connectivity index is 1.62. The van der Waals surface area contributed by atoms with Gasteiger partial charge in [-0.1, -0.05) is 6.07 Å². The minimum absolute atomic E-state index is 0.0422. The van der Waals surface area contributed by atoms with Gasteiger partial charge in [-0.2, -0.15) is 0 Å². The maximum Gasteiger partial charge on any atom is 0.339 e. The number of rotatable bonds is 9. The number of aromatic nitrogens is 1. The number of carbonyl (C=O) groups is 2. The van der Waals surface area contributed by atoms with Crippen molar-refractivity contribution in [1.82, 2.24) is 14.4 Å². The molecule has 9 nitrogen and oxygen atoms in total. The van der Waals surface area contributed by atoms with E-state index in [1.807, 2.05) is 35.4 Å². The highest BCUT2D eigenvalue weighted by molar-refractivity contribution is 5.91. The molecule has 0 unspecified atom stereocenters. The minimum Gasteiger partial charge on any atom is -0.493 e. The Hall–Kier alpha value is -3.20. The minimum atomic E-state index is -0.353. The van der Waals surface area contributed by atoms with E-state index in [1.54, 1.807) is 34.3 Å². The van der Waals surface area contributed by atoms with Crippen LogP contribution in [0.15, 0.2) is 18.2 Å². The van der Waals surface area contributed by atoms with Crippen molar-refractivity contribution in [3.05, 3.63) is 40.7 Å². The van der Waals surface area contributed by atoms with Crippen molar-refractivity contribution >= 4 is 11.9 Å². The van der Waals surface area contributed by atoms with Crippen molar-refractivity contribution in [3.63, 3.8) is 0 Å². The summed E-state index contributed by atoms with van der Waals surface area (Å²) in [7, 11) is 4.82. The standard InChI is InChI=1S/C25H35N3O6/c1-7-34-25(30)20-14-17(2)28(18(20)3)16-22(29)27-12-10-26(11-13-27)15-19-8-9-21(31-4)24(33-6)23(19)32-5/h8-9,14H,7,10-13,15-16H2,1-6H3. The van der Waals surface area contributed by atoms with E-state index < -0.39 is 0 Å². The summed E-state index contributed by atoms with van der Waals surface area (Å²) in [6.45, 7) is 9.52. The Morgan fingerprint density at radius 1 is 0.941 bits per heavy atom. The van der Waals surface area contributed by atoms with Crippen LogP contribution < -0.4 is 14.2 Å². The number of methoxy groups -OCH3 is 3. The summed E-state index contributed by atoms with van der Waals surface area (Å²) in [4.78, 5) is 29.4. The van der Waals surface area contributed by atoms with Gasteiger partial charge in [0.2, 0.25) is 11.7 Å². The fourth-order valence-electron chi connectivity index (χ4n) is 4.38. The van der Waals surface area contributed by atoms with E-state index in [4.69, 9.17) is 18.9 Å². The van der Waals surface area contributed by atoms with Gasteiger partial charge in [0.1, 0.15) is 6.54 Å². The van der Waals surface area contributed by atoms with Gasteiger partial charge in [0.05, 0.1) is 33.5 Å². The summed E-state index contributed by atoms with van der Waals surface area (Å²) in [6.07, 6.45) is 0. The summed E-state index contributed by atoms with van der Waals surface area (Å²) < 4.78 is 23.5. The zero-order valence-corrected chi connectivity index (χ0v) is 21.0. The number of nitrogens with zero attached hydrogens (tertiary/aromatic N) is 3. The lowest BCUT2D eigenvalue weighted by Gasteiger charge is -2.35. The maximum atomic E-state index is 13.0. The van der Waals surface area contributed by atoms with Crippen LogP contribution >= 0.6 is 0 Å². The SMILES string of the molecule is CCOC(=O)c1cc(C)n(CC(=O)N2CCN(Cc3ccc(OC)c(OC)c3OC)CC2)c1C. The second kappa shape index (κ2) is 11.3. The number of ether oxygens (including phenoxy) is 4. The number of benzene rings is 1. The molecule has 0 aliphatic carbocycles. The van der Waals surface area contributed by atoms with Crippen molar-refractivity contribution in [2.45, 2.75) is 33.9 Å². The summed E-state index contributed by atoms with van der Waals surface area (Å²) in [6, 6.07) is 5.65. The molecule has 9 heteroatoms. The lowest BCUT2D eigenvalue weighted by Crippen LogP contribution is -2.49. The zero-order chi connectivity index (χ0) is 24.8. The largest absolute Gasteiger partial charge is 0.493 e. The van der Waals surface area contributed by atoms with Crippen molar-refractivity contribution in [2.75, 3.05) is 54.1 Å². The van der Waals surface area contributed by atoms with Crippen LogP contribution in [0, 0.1) is 13.8 Å². The summed E-state index contributed by atoms with van der Waals surface area (Å²) in [5.41, 5.74) is 3.14. The van der Waals surface area contributed by atoms with Gasteiger partial charge in [-0.05, 0) is 32.9 Å². The number of hydrogen-bond donors (Lipinski definition) is 0. The van der Waals surface area contributed by atoms with Gasteiger partial charge in [0.15, 0.2) is 11.5 Å². The Labute approximate surface area is 201 Å². The van der Waals surface area contributed by atoms with E-state index in [0.717, 1.165) is 30.0 Å². The van der Waals surface area contributed by atoms with Crippen LogP contribution in [0.25, 0.3) is 0 Å². The third-order valence-corrected chi connectivity index (χ3v) is 6.27. The van der Waals surface area contributed by atoms with Crippen molar-refractivity contribution in [1.29, 1.82) is 0 Å². The molecule has 0 atom stereocenters. The van der Waals surface area contributed by atoms with Crippen LogP contribution in [0.2, 0.25) is 0 Å². The lowest BCUT2D eigenvalue weighted by molar-refractivity contribution is -0.133. The highest BCUT2D eigenvalue weighted by Crippen LogP contribution is 2.40. The molecule has 0 radical (unpaired) electrons. The monoisotopic (exact) mass is 473 g/mol. The first-order valence-corrected chi connectivity index (χ1v) is 11.5. The normalized spacial score (nSPS) is 14.1. The molecular weight excluding hydrogens is 438 g/mol. The van der Waals surface area contributed by atoms with Crippen molar-refractivity contribution < 1.29 is 28.5 Å². The van der Waals surface area contributed by atoms with Gasteiger partial charge in [-0.3, -0.25) is 9.69 Å². The molecule has 1 fully saturated rings. The van der Waals surface area contributed by atoms with Gasteiger partial charge in [0, 0.05) is 49.7 Å². The van der Waals surface area contributed by atoms with Crippen molar-refractivity contribution in [2.24, 2.45) is 0 Å². The molecule has 0 spiro atoms. The molecule has 1 aliphatic heterocycles. The van der Waals surface area contributed by atoms with E-state index in [0.29, 0.717) is 49.1 Å². The molecule has 34 heavy (non-hydrogen) atoms. The molecule has 0 N–H and O–H groups in total. The smallest absolute Gasteiger partial charge is 0.339 e. The Morgan fingerprint density at radius 2 is 1.62 bits per heavy atom. The van der Waals surface area contributed by atoms with Gasteiger partial charge < -0.3 is 28.4 Å². The first-order valence-electron chi connectivity index (χ1n) is 11.5. The van der Waals surface area contributed by atoms with Gasteiger partial charge in [-0.15, -0.1) is 0 Å². The molecule has 1 amide bonds. The summed E-state index contributed by atoms with van der Waals surface area (Å²) >= 11 is 0. The molecule has 1 aromatic heterocycles. The van der Waals surface area contributed by atoms with E-state index in [9.17, 15) is 9.59 Å². The van der Waals surface area contributed by atoms with Crippen LogP contribution in [-0.2, 0) is 22.6 Å². The van der Waals surface area contributed by atoms with E-state index in [2.05, 4.69) is 4.90 Å². The average Bonchev–Trinajstić information content (AvgIpc) is 3.12. The molecular formula is C25H35N3O6. The average molecular weight is 474 g/mol. The second-order valence-corrected chi connectivity index (χ2v) is 8.24. The number of piperazine rings is 1. The molecule has 2 heterocycles. The molecule has 1 aromatic carbocycles. The van der Waals surface area contributed by atoms with Crippen LogP contribution in [0.4, 0.5) is 0 Å². The molecule has 2 aromatic rings. The molecule has 0 bridgehead atoms. The topological polar surface area (TPSA) is 82.5 Å². The number of aryl methyl sites for hydroxylation is 1. The van der Waals surface area contributed by atoms with E-state index in [1.165, 1.54) is 0 Å². The highest BCUT2D eigenvalue weighted by atomic mass is 16.5. The van der Waals surface area contributed by atoms with E-state index in [-0.39, 0.29) is 18.4 Å². The maximum absolute atomic E-state index is 13.0. The predicted molar refractivity (Wildman–Crippen MR) is 128 cm³/mol. The summed E-state index contributed by atoms with van der Waals surface area (Å²) in [5, 5.41) is 0. The first kappa shape index (κ1) is 25.4. The fourth-order valence-corrected chi connectivity index (χ4v) is 4.38. The quantitative estimate of drug-likeness (QED) is 0.518. The van der Waals surface area contributed by atoms with Crippen LogP contribution in [0.1, 0.15) is 34.2 Å². The van der Waals surface area contributed by atoms with Crippen molar-refractivity contribution in [3.8, 4) is 17.2 Å². The molecule has 0 saturated carbocycles.